The Morgan fingerprint density at radius 2 is 1.92 bits per heavy atom. The molecule has 0 bridgehead atoms. The lowest BCUT2D eigenvalue weighted by molar-refractivity contribution is 0.120. The lowest BCUT2D eigenvalue weighted by atomic mass is 10.1. The summed E-state index contributed by atoms with van der Waals surface area (Å²) < 4.78 is 19.5. The van der Waals surface area contributed by atoms with E-state index in [0.717, 1.165) is 42.9 Å². The van der Waals surface area contributed by atoms with Crippen molar-refractivity contribution < 1.29 is 9.13 Å². The quantitative estimate of drug-likeness (QED) is 0.504. The Morgan fingerprint density at radius 3 is 2.80 bits per heavy atom. The van der Waals surface area contributed by atoms with E-state index < -0.39 is 0 Å². The number of hydrogen-bond acceptors (Lipinski definition) is 5. The number of halogens is 1. The predicted molar refractivity (Wildman–Crippen MR) is 100 cm³/mol. The average Bonchev–Trinajstić information content (AvgIpc) is 2.99. The number of nitrogens with two attached hydrogens (primary N) is 1. The van der Waals surface area contributed by atoms with Gasteiger partial charge in [0.15, 0.2) is 0 Å². The van der Waals surface area contributed by atoms with Crippen LogP contribution in [-0.2, 0) is 11.3 Å². The van der Waals surface area contributed by atoms with Gasteiger partial charge < -0.3 is 10.5 Å². The molecule has 0 saturated carbocycles. The number of rotatable bonds is 5. The van der Waals surface area contributed by atoms with Gasteiger partial charge >= 0.3 is 0 Å². The van der Waals surface area contributed by atoms with Gasteiger partial charge in [-0.15, -0.1) is 11.3 Å². The van der Waals surface area contributed by atoms with E-state index in [0.29, 0.717) is 19.8 Å². The van der Waals surface area contributed by atoms with Gasteiger partial charge in [-0.1, -0.05) is 30.0 Å². The fraction of sp³-hybridized carbons (Fsp3) is 0.211. The van der Waals surface area contributed by atoms with E-state index in [-0.39, 0.29) is 5.82 Å². The molecule has 0 fully saturated rings. The van der Waals surface area contributed by atoms with Crippen molar-refractivity contribution in [2.75, 3.05) is 13.2 Å². The summed E-state index contributed by atoms with van der Waals surface area (Å²) in [6.07, 6.45) is 0.832. The summed E-state index contributed by atoms with van der Waals surface area (Å²) in [5.74, 6) is -0.245. The summed E-state index contributed by atoms with van der Waals surface area (Å²) in [7, 11) is 0. The Balaban J connectivity index is 1.79. The first-order valence-electron chi connectivity index (χ1n) is 8.11. The zero-order valence-corrected chi connectivity index (χ0v) is 15.1. The molecule has 1 aliphatic heterocycles. The van der Waals surface area contributed by atoms with E-state index in [4.69, 9.17) is 15.5 Å². The van der Waals surface area contributed by atoms with Crippen LogP contribution in [0.4, 0.5) is 4.39 Å². The number of hydrogen-bond donors (Lipinski definition) is 1. The van der Waals surface area contributed by atoms with Crippen LogP contribution < -0.4 is 5.73 Å². The molecular weight excluding hydrogens is 355 g/mol. The van der Waals surface area contributed by atoms with E-state index in [1.54, 1.807) is 29.2 Å². The average molecular weight is 372 g/mol. The van der Waals surface area contributed by atoms with Crippen LogP contribution in [0, 0.1) is 5.82 Å². The predicted octanol–water partition coefficient (Wildman–Crippen LogP) is 4.95. The van der Waals surface area contributed by atoms with Crippen LogP contribution in [0.15, 0.2) is 52.3 Å². The highest BCUT2D eigenvalue weighted by Crippen LogP contribution is 2.49. The molecule has 0 atom stereocenters. The van der Waals surface area contributed by atoms with Gasteiger partial charge in [0.25, 0.3) is 0 Å². The molecule has 0 saturated heterocycles. The zero-order valence-electron chi connectivity index (χ0n) is 13.5. The van der Waals surface area contributed by atoms with Gasteiger partial charge in [-0.25, -0.2) is 9.37 Å². The Morgan fingerprint density at radius 1 is 1.08 bits per heavy atom. The molecule has 128 valence electrons. The molecule has 4 rings (SSSR count). The van der Waals surface area contributed by atoms with Gasteiger partial charge in [-0.3, -0.25) is 0 Å². The largest absolute Gasteiger partial charge is 0.374 e. The van der Waals surface area contributed by atoms with Crippen molar-refractivity contribution in [1.82, 2.24) is 4.98 Å². The van der Waals surface area contributed by atoms with E-state index in [1.807, 2.05) is 18.2 Å². The van der Waals surface area contributed by atoms with Crippen molar-refractivity contribution in [2.24, 2.45) is 5.73 Å². The first-order chi connectivity index (χ1) is 12.3. The van der Waals surface area contributed by atoms with Gasteiger partial charge in [0.05, 0.1) is 17.2 Å². The van der Waals surface area contributed by atoms with Crippen LogP contribution in [0.25, 0.3) is 21.7 Å². The summed E-state index contributed by atoms with van der Waals surface area (Å²) in [4.78, 5) is 8.03. The maximum absolute atomic E-state index is 13.9. The monoisotopic (exact) mass is 372 g/mol. The molecule has 2 N–H and O–H groups in total. The molecule has 1 aliphatic rings. The molecule has 6 heteroatoms. The van der Waals surface area contributed by atoms with Crippen molar-refractivity contribution in [1.29, 1.82) is 0 Å². The molecule has 25 heavy (non-hydrogen) atoms. The normalized spacial score (nSPS) is 12.2. The highest BCUT2D eigenvalue weighted by molar-refractivity contribution is 7.99. The molecule has 0 radical (unpaired) electrons. The number of aromatic nitrogens is 1. The summed E-state index contributed by atoms with van der Waals surface area (Å²) in [5, 5.41) is 0.902. The first-order valence-corrected chi connectivity index (χ1v) is 9.74. The number of fused-ring (bicyclic) bond motifs is 5. The van der Waals surface area contributed by atoms with Crippen LogP contribution in [0.1, 0.15) is 11.4 Å². The molecule has 2 heterocycles. The van der Waals surface area contributed by atoms with E-state index in [1.165, 1.54) is 6.07 Å². The van der Waals surface area contributed by atoms with Crippen LogP contribution in [-0.4, -0.2) is 18.1 Å². The molecule has 3 nitrogen and oxygen atoms in total. The van der Waals surface area contributed by atoms with Crippen molar-refractivity contribution in [2.45, 2.75) is 22.8 Å². The van der Waals surface area contributed by atoms with Crippen molar-refractivity contribution in [3.8, 4) is 21.7 Å². The van der Waals surface area contributed by atoms with Crippen LogP contribution in [0.2, 0.25) is 0 Å². The van der Waals surface area contributed by atoms with Crippen LogP contribution in [0.5, 0.6) is 0 Å². The minimum Gasteiger partial charge on any atom is -0.374 e. The van der Waals surface area contributed by atoms with E-state index in [2.05, 4.69) is 12.1 Å². The molecular formula is C19H17FN2OS2. The summed E-state index contributed by atoms with van der Waals surface area (Å²) in [5.41, 5.74) is 8.33. The Hall–Kier alpha value is -1.73. The first kappa shape index (κ1) is 16.7. The van der Waals surface area contributed by atoms with Crippen LogP contribution in [0.3, 0.4) is 0 Å². The molecule has 0 amide bonds. The number of nitrogens with zero attached hydrogens (tertiary/aromatic N) is 1. The molecule has 3 aromatic rings. The SMILES string of the molecule is NCCCOCc1nc2c(s1)-c1ccccc1Sc1ccc(F)cc1-2. The highest BCUT2D eigenvalue weighted by Gasteiger charge is 2.24. The second kappa shape index (κ2) is 7.25. The maximum atomic E-state index is 13.9. The third-order valence-electron chi connectivity index (χ3n) is 3.94. The molecule has 0 spiro atoms. The number of ether oxygens (including phenoxy) is 1. The van der Waals surface area contributed by atoms with Crippen molar-refractivity contribution >= 4 is 23.1 Å². The molecule has 0 aliphatic carbocycles. The molecule has 0 unspecified atom stereocenters. The van der Waals surface area contributed by atoms with Gasteiger partial charge in [0.1, 0.15) is 10.8 Å². The highest BCUT2D eigenvalue weighted by atomic mass is 32.2. The number of thiazole rings is 1. The molecule has 2 aromatic carbocycles. The topological polar surface area (TPSA) is 48.1 Å². The van der Waals surface area contributed by atoms with Gasteiger partial charge in [-0.05, 0) is 37.2 Å². The summed E-state index contributed by atoms with van der Waals surface area (Å²) in [6.45, 7) is 1.70. The lowest BCUT2D eigenvalue weighted by Crippen LogP contribution is -2.04. The lowest BCUT2D eigenvalue weighted by Gasteiger charge is -2.06. The van der Waals surface area contributed by atoms with Crippen molar-refractivity contribution in [3.05, 3.63) is 53.3 Å². The smallest absolute Gasteiger partial charge is 0.123 e. The fourth-order valence-electron chi connectivity index (χ4n) is 2.77. The van der Waals surface area contributed by atoms with E-state index >= 15 is 0 Å². The second-order valence-corrected chi connectivity index (χ2v) is 7.89. The molecule has 1 aromatic heterocycles. The van der Waals surface area contributed by atoms with Gasteiger partial charge in [0, 0.05) is 27.5 Å². The minimum absolute atomic E-state index is 0.245. The third kappa shape index (κ3) is 3.35. The zero-order chi connectivity index (χ0) is 17.2. The van der Waals surface area contributed by atoms with Crippen LogP contribution >= 0.6 is 23.1 Å². The maximum Gasteiger partial charge on any atom is 0.123 e. The third-order valence-corrected chi connectivity index (χ3v) is 6.15. The summed E-state index contributed by atoms with van der Waals surface area (Å²) in [6, 6.07) is 13.2. The number of benzene rings is 2. The fourth-order valence-corrected chi connectivity index (χ4v) is 4.96. The Labute approximate surface area is 154 Å². The second-order valence-electron chi connectivity index (χ2n) is 5.72. The van der Waals surface area contributed by atoms with Gasteiger partial charge in [0.2, 0.25) is 0 Å². The minimum atomic E-state index is -0.245. The van der Waals surface area contributed by atoms with E-state index in [9.17, 15) is 4.39 Å². The summed E-state index contributed by atoms with van der Waals surface area (Å²) >= 11 is 3.27. The standard InChI is InChI=1S/C19H17FN2OS2/c20-12-6-7-16-14(10-12)18-19(13-4-1-2-5-15(13)24-16)25-17(22-18)11-23-9-3-8-21/h1-2,4-7,10H,3,8-9,11,21H2. The Bertz CT molecular complexity index is 910. The van der Waals surface area contributed by atoms with Gasteiger partial charge in [-0.2, -0.15) is 0 Å². The Kier molecular flexibility index (Phi) is 4.85. The van der Waals surface area contributed by atoms with Crippen molar-refractivity contribution in [3.63, 3.8) is 0 Å².